The first-order valence-corrected chi connectivity index (χ1v) is 8.63. The summed E-state index contributed by atoms with van der Waals surface area (Å²) in [6.45, 7) is 0.943. The first kappa shape index (κ1) is 15.8. The van der Waals surface area contributed by atoms with E-state index in [1.54, 1.807) is 12.1 Å². The second kappa shape index (κ2) is 7.48. The normalized spacial score (nSPS) is 15.0. The lowest BCUT2D eigenvalue weighted by Gasteiger charge is -2.12. The van der Waals surface area contributed by atoms with Gasteiger partial charge in [0, 0.05) is 12.2 Å². The Morgan fingerprint density at radius 3 is 2.74 bits per heavy atom. The fourth-order valence-electron chi connectivity index (χ4n) is 2.08. The van der Waals surface area contributed by atoms with Gasteiger partial charge in [0.15, 0.2) is 0 Å². The minimum absolute atomic E-state index is 0.172. The van der Waals surface area contributed by atoms with Crippen LogP contribution in [0.1, 0.15) is 24.5 Å². The van der Waals surface area contributed by atoms with Crippen molar-refractivity contribution in [3.63, 3.8) is 0 Å². The van der Waals surface area contributed by atoms with Crippen LogP contribution >= 0.6 is 11.3 Å². The molecule has 1 aliphatic rings. The fraction of sp³-hybridized carbons (Fsp3) is 0.353. The number of thiophene rings is 1. The van der Waals surface area contributed by atoms with Gasteiger partial charge in [0.2, 0.25) is 0 Å². The molecule has 1 atom stereocenters. The molecule has 2 amide bonds. The number of hydrogen-bond donors (Lipinski definition) is 3. The van der Waals surface area contributed by atoms with Crippen molar-refractivity contribution in [2.75, 3.05) is 18.5 Å². The van der Waals surface area contributed by atoms with Crippen molar-refractivity contribution >= 4 is 23.1 Å². The number of anilines is 1. The maximum Gasteiger partial charge on any atom is 0.319 e. The summed E-state index contributed by atoms with van der Waals surface area (Å²) in [4.78, 5) is 11.8. The molecule has 0 saturated heterocycles. The average molecular weight is 332 g/mol. The second-order valence-corrected chi connectivity index (χ2v) is 6.47. The molecule has 2 aromatic rings. The van der Waals surface area contributed by atoms with E-state index in [1.807, 2.05) is 29.0 Å². The monoisotopic (exact) mass is 332 g/mol. The zero-order valence-electron chi connectivity index (χ0n) is 12.7. The Balaban J connectivity index is 1.41. The lowest BCUT2D eigenvalue weighted by Crippen LogP contribution is -2.32. The highest BCUT2D eigenvalue weighted by Crippen LogP contribution is 2.29. The van der Waals surface area contributed by atoms with Gasteiger partial charge >= 0.3 is 6.03 Å². The molecule has 0 bridgehead atoms. The van der Waals surface area contributed by atoms with E-state index >= 15 is 0 Å². The second-order valence-electron chi connectivity index (χ2n) is 5.69. The number of ether oxygens (including phenoxy) is 1. The summed E-state index contributed by atoms with van der Waals surface area (Å²) in [5.74, 6) is 1.53. The summed E-state index contributed by atoms with van der Waals surface area (Å²) >= 11 is 1.52. The first-order chi connectivity index (χ1) is 11.2. The zero-order valence-corrected chi connectivity index (χ0v) is 13.5. The first-order valence-electron chi connectivity index (χ1n) is 7.68. The number of aliphatic hydroxyl groups excluding tert-OH is 1. The highest BCUT2D eigenvalue weighted by molar-refractivity contribution is 7.07. The molecule has 1 heterocycles. The molecule has 0 aliphatic heterocycles. The van der Waals surface area contributed by atoms with Crippen LogP contribution in [0, 0.1) is 5.92 Å². The van der Waals surface area contributed by atoms with Crippen LogP contribution in [-0.2, 0) is 0 Å². The van der Waals surface area contributed by atoms with E-state index in [9.17, 15) is 9.90 Å². The van der Waals surface area contributed by atoms with Crippen molar-refractivity contribution in [3.8, 4) is 5.75 Å². The van der Waals surface area contributed by atoms with Crippen LogP contribution < -0.4 is 15.4 Å². The minimum Gasteiger partial charge on any atom is -0.493 e. The number of amides is 2. The predicted molar refractivity (Wildman–Crippen MR) is 91.0 cm³/mol. The summed E-state index contributed by atoms with van der Waals surface area (Å²) in [5, 5.41) is 19.1. The van der Waals surface area contributed by atoms with Gasteiger partial charge in [0.1, 0.15) is 5.75 Å². The molecule has 0 radical (unpaired) electrons. The van der Waals surface area contributed by atoms with E-state index in [-0.39, 0.29) is 12.6 Å². The number of urea groups is 1. The van der Waals surface area contributed by atoms with Gasteiger partial charge in [-0.05, 0) is 65.4 Å². The molecule has 6 heteroatoms. The predicted octanol–water partition coefficient (Wildman–Crippen LogP) is 3.39. The Morgan fingerprint density at radius 1 is 1.30 bits per heavy atom. The SMILES string of the molecule is O=C(NC[C@@H](O)c1ccsc1)Nc1ccc(OCC2CC2)cc1. The molecule has 1 aromatic carbocycles. The summed E-state index contributed by atoms with van der Waals surface area (Å²) in [6, 6.07) is 8.80. The Kier molecular flexibility index (Phi) is 5.15. The van der Waals surface area contributed by atoms with E-state index in [2.05, 4.69) is 10.6 Å². The Labute approximate surface area is 139 Å². The summed E-state index contributed by atoms with van der Waals surface area (Å²) in [5.41, 5.74) is 1.50. The van der Waals surface area contributed by atoms with Gasteiger partial charge in [-0.3, -0.25) is 0 Å². The fourth-order valence-corrected chi connectivity index (χ4v) is 2.79. The van der Waals surface area contributed by atoms with Crippen LogP contribution in [-0.4, -0.2) is 24.3 Å². The highest BCUT2D eigenvalue weighted by Gasteiger charge is 2.21. The smallest absolute Gasteiger partial charge is 0.319 e. The quantitative estimate of drug-likeness (QED) is 0.728. The van der Waals surface area contributed by atoms with Crippen LogP contribution in [0.15, 0.2) is 41.1 Å². The third-order valence-corrected chi connectivity index (χ3v) is 4.38. The lowest BCUT2D eigenvalue weighted by atomic mass is 10.2. The Bertz CT molecular complexity index is 624. The number of hydrogen-bond acceptors (Lipinski definition) is 4. The van der Waals surface area contributed by atoms with Gasteiger partial charge in [-0.2, -0.15) is 11.3 Å². The average Bonchev–Trinajstić information content (AvgIpc) is 3.23. The van der Waals surface area contributed by atoms with E-state index in [0.717, 1.165) is 17.9 Å². The van der Waals surface area contributed by atoms with Crippen LogP contribution in [0.5, 0.6) is 5.75 Å². The lowest BCUT2D eigenvalue weighted by molar-refractivity contribution is 0.175. The van der Waals surface area contributed by atoms with Gasteiger partial charge in [-0.15, -0.1) is 0 Å². The van der Waals surface area contributed by atoms with Crippen molar-refractivity contribution in [2.24, 2.45) is 5.92 Å². The minimum atomic E-state index is -0.690. The van der Waals surface area contributed by atoms with Gasteiger partial charge in [-0.1, -0.05) is 0 Å². The maximum atomic E-state index is 11.8. The highest BCUT2D eigenvalue weighted by atomic mass is 32.1. The topological polar surface area (TPSA) is 70.6 Å². The molecule has 122 valence electrons. The molecule has 1 saturated carbocycles. The van der Waals surface area contributed by atoms with Crippen LogP contribution in [0.4, 0.5) is 10.5 Å². The van der Waals surface area contributed by atoms with E-state index in [0.29, 0.717) is 11.6 Å². The van der Waals surface area contributed by atoms with E-state index in [1.165, 1.54) is 24.2 Å². The molecule has 0 unspecified atom stereocenters. The third kappa shape index (κ3) is 4.97. The molecular weight excluding hydrogens is 312 g/mol. The van der Waals surface area contributed by atoms with Gasteiger partial charge < -0.3 is 20.5 Å². The number of rotatable bonds is 7. The van der Waals surface area contributed by atoms with Gasteiger partial charge in [0.25, 0.3) is 0 Å². The van der Waals surface area contributed by atoms with Crippen molar-refractivity contribution in [1.82, 2.24) is 5.32 Å². The van der Waals surface area contributed by atoms with Crippen molar-refractivity contribution in [3.05, 3.63) is 46.7 Å². The van der Waals surface area contributed by atoms with Crippen molar-refractivity contribution in [1.29, 1.82) is 0 Å². The van der Waals surface area contributed by atoms with Crippen LogP contribution in [0.25, 0.3) is 0 Å². The molecule has 1 aromatic heterocycles. The Morgan fingerprint density at radius 2 is 2.09 bits per heavy atom. The standard InChI is InChI=1S/C17H20N2O3S/c20-16(13-7-8-23-11-13)9-18-17(21)19-14-3-5-15(6-4-14)22-10-12-1-2-12/h3-8,11-12,16,20H,1-2,9-10H2,(H2,18,19,21)/t16-/m1/s1. The largest absolute Gasteiger partial charge is 0.493 e. The number of nitrogens with one attached hydrogen (secondary N) is 2. The molecule has 1 fully saturated rings. The Hall–Kier alpha value is -2.05. The molecule has 1 aliphatic carbocycles. The van der Waals surface area contributed by atoms with Crippen molar-refractivity contribution < 1.29 is 14.6 Å². The summed E-state index contributed by atoms with van der Waals surface area (Å²) in [7, 11) is 0. The molecule has 3 rings (SSSR count). The molecular formula is C17H20N2O3S. The molecule has 0 spiro atoms. The van der Waals surface area contributed by atoms with Crippen LogP contribution in [0.3, 0.4) is 0 Å². The number of carbonyl (C=O) groups excluding carboxylic acids is 1. The van der Waals surface area contributed by atoms with E-state index < -0.39 is 6.10 Å². The van der Waals surface area contributed by atoms with Gasteiger partial charge in [0.05, 0.1) is 12.7 Å². The number of carbonyl (C=O) groups is 1. The third-order valence-electron chi connectivity index (χ3n) is 3.68. The van der Waals surface area contributed by atoms with E-state index in [4.69, 9.17) is 4.74 Å². The summed E-state index contributed by atoms with van der Waals surface area (Å²) in [6.07, 6.45) is 1.83. The zero-order chi connectivity index (χ0) is 16.1. The maximum absolute atomic E-state index is 11.8. The van der Waals surface area contributed by atoms with Gasteiger partial charge in [-0.25, -0.2) is 4.79 Å². The van der Waals surface area contributed by atoms with Crippen molar-refractivity contribution in [2.45, 2.75) is 18.9 Å². The number of aliphatic hydroxyl groups is 1. The summed E-state index contributed by atoms with van der Waals surface area (Å²) < 4.78 is 5.65. The molecule has 5 nitrogen and oxygen atoms in total. The van der Waals surface area contributed by atoms with Crippen LogP contribution in [0.2, 0.25) is 0 Å². The molecule has 23 heavy (non-hydrogen) atoms. The number of benzene rings is 1. The molecule has 3 N–H and O–H groups in total.